The molecule has 0 atom stereocenters. The van der Waals surface area contributed by atoms with Crippen LogP contribution in [0.25, 0.3) is 0 Å². The van der Waals surface area contributed by atoms with E-state index in [2.05, 4.69) is 40.8 Å². The van der Waals surface area contributed by atoms with Crippen molar-refractivity contribution < 1.29 is 27.9 Å². The lowest BCUT2D eigenvalue weighted by Crippen LogP contribution is -2.19. The molecule has 44 heavy (non-hydrogen) atoms. The van der Waals surface area contributed by atoms with Crippen LogP contribution in [0.2, 0.25) is 0 Å². The fraction of sp³-hybridized carbons (Fsp3) is 0.444. The Labute approximate surface area is 257 Å². The molecule has 0 amide bonds. The summed E-state index contributed by atoms with van der Waals surface area (Å²) in [5.74, 6) is -0.276. The summed E-state index contributed by atoms with van der Waals surface area (Å²) < 4.78 is 42.0. The van der Waals surface area contributed by atoms with Gasteiger partial charge >= 0.3 is 12.1 Å². The van der Waals surface area contributed by atoms with E-state index in [-0.39, 0.29) is 18.9 Å². The van der Waals surface area contributed by atoms with Crippen LogP contribution in [0, 0.1) is 0 Å². The first-order chi connectivity index (χ1) is 21.2. The highest BCUT2D eigenvalue weighted by atomic mass is 19.4. The molecule has 0 aliphatic heterocycles. The molecule has 0 bridgehead atoms. The Hall–Kier alpha value is -3.65. The summed E-state index contributed by atoms with van der Waals surface area (Å²) >= 11 is 0. The van der Waals surface area contributed by atoms with Gasteiger partial charge in [-0.25, -0.2) is 0 Å². The Morgan fingerprint density at radius 2 is 1.66 bits per heavy atom. The smallest absolute Gasteiger partial charge is 0.416 e. The first kappa shape index (κ1) is 31.8. The Morgan fingerprint density at radius 1 is 0.909 bits per heavy atom. The first-order valence-corrected chi connectivity index (χ1v) is 15.7. The largest absolute Gasteiger partial charge is 0.481 e. The molecule has 5 nitrogen and oxygen atoms in total. The molecule has 2 aliphatic carbocycles. The van der Waals surface area contributed by atoms with Crippen molar-refractivity contribution in [1.82, 2.24) is 5.32 Å². The monoisotopic (exact) mass is 606 g/mol. The van der Waals surface area contributed by atoms with Crippen LogP contribution in [-0.4, -0.2) is 23.3 Å². The average molecular weight is 607 g/mol. The molecule has 0 unspecified atom stereocenters. The maximum Gasteiger partial charge on any atom is 0.416 e. The fourth-order valence-corrected chi connectivity index (χ4v) is 6.26. The Bertz CT molecular complexity index is 1470. The number of alkyl halides is 3. The predicted octanol–water partition coefficient (Wildman–Crippen LogP) is 8.73. The lowest BCUT2D eigenvalue weighted by molar-refractivity contribution is -0.139. The number of nitrogens with one attached hydrogen (secondary N) is 1. The van der Waals surface area contributed by atoms with E-state index in [1.54, 1.807) is 12.1 Å². The number of aliphatic carboxylic acids is 1. The molecule has 2 aliphatic rings. The highest BCUT2D eigenvalue weighted by Gasteiger charge is 2.36. The quantitative estimate of drug-likeness (QED) is 0.116. The summed E-state index contributed by atoms with van der Waals surface area (Å²) in [4.78, 5) is 16.5. The summed E-state index contributed by atoms with van der Waals surface area (Å²) in [7, 11) is 0. The lowest BCUT2D eigenvalue weighted by atomic mass is 9.81. The van der Waals surface area contributed by atoms with Gasteiger partial charge in [-0.3, -0.25) is 4.79 Å². The van der Waals surface area contributed by atoms with Crippen molar-refractivity contribution in [2.75, 3.05) is 6.54 Å². The molecule has 8 heteroatoms. The number of carboxylic acid groups (broad SMARTS) is 1. The maximum atomic E-state index is 14.0. The second-order valence-electron chi connectivity index (χ2n) is 12.2. The van der Waals surface area contributed by atoms with Gasteiger partial charge in [-0.05, 0) is 102 Å². The Morgan fingerprint density at radius 3 is 2.39 bits per heavy atom. The van der Waals surface area contributed by atoms with Crippen molar-refractivity contribution in [2.45, 2.75) is 95.9 Å². The van der Waals surface area contributed by atoms with Crippen molar-refractivity contribution in [3.05, 3.63) is 105 Å². The number of carboxylic acids is 1. The van der Waals surface area contributed by atoms with Gasteiger partial charge in [0, 0.05) is 13.1 Å². The highest BCUT2D eigenvalue weighted by Crippen LogP contribution is 2.43. The van der Waals surface area contributed by atoms with E-state index in [9.17, 15) is 18.0 Å². The van der Waals surface area contributed by atoms with E-state index in [0.29, 0.717) is 35.8 Å². The van der Waals surface area contributed by atoms with Gasteiger partial charge in [0.25, 0.3) is 0 Å². The average Bonchev–Trinajstić information content (AvgIpc) is 3.86. The second-order valence-corrected chi connectivity index (χ2v) is 12.2. The predicted molar refractivity (Wildman–Crippen MR) is 166 cm³/mol. The molecule has 2 saturated carbocycles. The standard InChI is InChI=1S/C36H41F3N2O3/c1-24(41-44-23-25-11-16-33(26-7-3-2-4-8-26)34(19-25)36(37,38)39)28-14-15-30(22-40-18-17-35(42)43)31(20-28)21-29-9-5-6-10-32(29)27-12-13-27/h5-6,9-11,14-16,19-20,26-27,40H,2-4,7-8,12-13,17-18,21-23H2,1H3,(H,42,43). The van der Waals surface area contributed by atoms with Gasteiger partial charge in [0.05, 0.1) is 17.7 Å². The van der Waals surface area contributed by atoms with E-state index in [4.69, 9.17) is 9.94 Å². The third kappa shape index (κ3) is 8.50. The molecule has 5 rings (SSSR count). The number of benzene rings is 3. The van der Waals surface area contributed by atoms with Gasteiger partial charge in [-0.15, -0.1) is 0 Å². The Balaban J connectivity index is 1.32. The molecule has 2 fully saturated rings. The van der Waals surface area contributed by atoms with E-state index >= 15 is 0 Å². The Kier molecular flexibility index (Phi) is 10.4. The number of nitrogens with zero attached hydrogens (tertiary/aromatic N) is 1. The fourth-order valence-electron chi connectivity index (χ4n) is 6.26. The van der Waals surface area contributed by atoms with Crippen LogP contribution in [0.5, 0.6) is 0 Å². The van der Waals surface area contributed by atoms with Gasteiger partial charge in [0.1, 0.15) is 6.61 Å². The minimum Gasteiger partial charge on any atom is -0.481 e. The van der Waals surface area contributed by atoms with Crippen LogP contribution in [0.1, 0.15) is 115 Å². The van der Waals surface area contributed by atoms with Crippen LogP contribution < -0.4 is 5.32 Å². The van der Waals surface area contributed by atoms with Crippen LogP contribution in [-0.2, 0) is 35.4 Å². The van der Waals surface area contributed by atoms with Crippen molar-refractivity contribution >= 4 is 11.7 Å². The molecule has 0 heterocycles. The van der Waals surface area contributed by atoms with E-state index in [1.807, 2.05) is 19.1 Å². The summed E-state index contributed by atoms with van der Waals surface area (Å²) in [6.45, 7) is 2.69. The molecule has 2 N–H and O–H groups in total. The zero-order valence-corrected chi connectivity index (χ0v) is 25.3. The minimum atomic E-state index is -4.42. The molecule has 0 saturated heterocycles. The van der Waals surface area contributed by atoms with Crippen LogP contribution in [0.15, 0.2) is 65.8 Å². The van der Waals surface area contributed by atoms with E-state index in [1.165, 1.54) is 30.0 Å². The summed E-state index contributed by atoms with van der Waals surface area (Å²) in [5, 5.41) is 16.5. The van der Waals surface area contributed by atoms with Gasteiger partial charge in [-0.2, -0.15) is 13.2 Å². The van der Waals surface area contributed by atoms with E-state index in [0.717, 1.165) is 55.2 Å². The molecule has 0 aromatic heterocycles. The molecule has 3 aromatic carbocycles. The number of carbonyl (C=O) groups is 1. The summed E-state index contributed by atoms with van der Waals surface area (Å²) in [6.07, 6.45) is 3.41. The number of rotatable bonds is 13. The molecule has 3 aromatic rings. The second kappa shape index (κ2) is 14.4. The van der Waals surface area contributed by atoms with Gasteiger partial charge < -0.3 is 15.3 Å². The van der Waals surface area contributed by atoms with Crippen molar-refractivity contribution in [1.29, 1.82) is 0 Å². The van der Waals surface area contributed by atoms with Crippen molar-refractivity contribution in [2.24, 2.45) is 5.16 Å². The SMILES string of the molecule is CC(=NOCc1ccc(C2CCCCC2)c(C(F)(F)F)c1)c1ccc(CNCCC(=O)O)c(Cc2ccccc2C2CC2)c1. The maximum absolute atomic E-state index is 14.0. The van der Waals surface area contributed by atoms with E-state index < -0.39 is 17.7 Å². The minimum absolute atomic E-state index is 0.0450. The number of oxime groups is 1. The van der Waals surface area contributed by atoms with Crippen LogP contribution >= 0.6 is 0 Å². The zero-order valence-electron chi connectivity index (χ0n) is 25.3. The van der Waals surface area contributed by atoms with Gasteiger partial charge in [0.15, 0.2) is 0 Å². The third-order valence-corrected chi connectivity index (χ3v) is 8.81. The number of halogens is 3. The first-order valence-electron chi connectivity index (χ1n) is 15.7. The topological polar surface area (TPSA) is 70.9 Å². The number of hydrogen-bond donors (Lipinski definition) is 2. The molecular formula is C36H41F3N2O3. The highest BCUT2D eigenvalue weighted by molar-refractivity contribution is 5.98. The molecule has 0 radical (unpaired) electrons. The van der Waals surface area contributed by atoms with Crippen molar-refractivity contribution in [3.8, 4) is 0 Å². The molecular weight excluding hydrogens is 565 g/mol. The van der Waals surface area contributed by atoms with Gasteiger partial charge in [0.2, 0.25) is 0 Å². The zero-order chi connectivity index (χ0) is 31.1. The molecule has 0 spiro atoms. The normalized spacial score (nSPS) is 16.2. The van der Waals surface area contributed by atoms with Gasteiger partial charge in [-0.1, -0.05) is 72.9 Å². The summed E-state index contributed by atoms with van der Waals surface area (Å²) in [6, 6.07) is 19.1. The van der Waals surface area contributed by atoms with Crippen molar-refractivity contribution in [3.63, 3.8) is 0 Å². The van der Waals surface area contributed by atoms with Crippen LogP contribution in [0.3, 0.4) is 0 Å². The lowest BCUT2D eigenvalue weighted by Gasteiger charge is -2.25. The molecule has 234 valence electrons. The van der Waals surface area contributed by atoms with Crippen LogP contribution in [0.4, 0.5) is 13.2 Å². The summed E-state index contributed by atoms with van der Waals surface area (Å²) in [5.41, 5.74) is 6.62. The number of hydrogen-bond acceptors (Lipinski definition) is 4. The third-order valence-electron chi connectivity index (χ3n) is 8.81.